The first kappa shape index (κ1) is 21.1. The van der Waals surface area contributed by atoms with Crippen molar-refractivity contribution >= 4 is 44.9 Å². The van der Waals surface area contributed by atoms with E-state index < -0.39 is 10.0 Å². The lowest BCUT2D eigenvalue weighted by Gasteiger charge is -2.34. The minimum Gasteiger partial charge on any atom is -0.352 e. The number of sulfonamides is 1. The maximum Gasteiger partial charge on any atom is 0.265 e. The van der Waals surface area contributed by atoms with Crippen molar-refractivity contribution in [3.63, 3.8) is 0 Å². The number of rotatable bonds is 6. The number of thioether (sulfide) groups is 1. The summed E-state index contributed by atoms with van der Waals surface area (Å²) in [6.07, 6.45) is 2.13. The van der Waals surface area contributed by atoms with Gasteiger partial charge in [-0.05, 0) is 24.3 Å². The molecule has 160 valence electrons. The highest BCUT2D eigenvalue weighted by molar-refractivity contribution is 7.99. The van der Waals surface area contributed by atoms with Crippen LogP contribution in [0, 0.1) is 0 Å². The van der Waals surface area contributed by atoms with Gasteiger partial charge in [-0.15, -0.1) is 11.3 Å². The van der Waals surface area contributed by atoms with E-state index in [1.54, 1.807) is 28.1 Å². The summed E-state index contributed by atoms with van der Waals surface area (Å²) in [5.41, 5.74) is 0. The Morgan fingerprint density at radius 3 is 2.41 bits per heavy atom. The van der Waals surface area contributed by atoms with Crippen LogP contribution >= 0.6 is 23.1 Å². The highest BCUT2D eigenvalue weighted by Gasteiger charge is 2.33. The fourth-order valence-electron chi connectivity index (χ4n) is 3.54. The maximum atomic E-state index is 13.0. The van der Waals surface area contributed by atoms with Crippen LogP contribution in [0.1, 0.15) is 22.5 Å². The summed E-state index contributed by atoms with van der Waals surface area (Å²) in [5, 5.41) is 4.66. The smallest absolute Gasteiger partial charge is 0.265 e. The Morgan fingerprint density at radius 2 is 1.76 bits per heavy atom. The standard InChI is InChI=1S/C18H26N4O4S3/c23-16(19-14-1-2-14)13-20-4-6-21(7-5-20)18(24)17-15(3-10-28-17)29(25,26)22-8-11-27-12-9-22/h3,10,14H,1-2,4-9,11-13H2,(H,19,23). The van der Waals surface area contributed by atoms with Crippen LogP contribution in [0.3, 0.4) is 0 Å². The molecule has 8 nitrogen and oxygen atoms in total. The number of carbonyl (C=O) groups excluding carboxylic acids is 2. The zero-order valence-corrected chi connectivity index (χ0v) is 18.7. The fourth-order valence-corrected chi connectivity index (χ4v) is 7.48. The van der Waals surface area contributed by atoms with E-state index in [1.807, 2.05) is 4.90 Å². The molecule has 0 radical (unpaired) electrons. The van der Waals surface area contributed by atoms with Gasteiger partial charge in [0.15, 0.2) is 0 Å². The Morgan fingerprint density at radius 1 is 1.07 bits per heavy atom. The summed E-state index contributed by atoms with van der Waals surface area (Å²) in [7, 11) is -3.65. The van der Waals surface area contributed by atoms with Crippen molar-refractivity contribution in [2.24, 2.45) is 0 Å². The van der Waals surface area contributed by atoms with Crippen LogP contribution in [0.2, 0.25) is 0 Å². The molecule has 4 rings (SSSR count). The van der Waals surface area contributed by atoms with Crippen LogP contribution in [-0.2, 0) is 14.8 Å². The molecule has 3 fully saturated rings. The van der Waals surface area contributed by atoms with Gasteiger partial charge in [0, 0.05) is 56.8 Å². The van der Waals surface area contributed by atoms with Gasteiger partial charge in [0.2, 0.25) is 15.9 Å². The molecule has 0 bridgehead atoms. The van der Waals surface area contributed by atoms with Gasteiger partial charge >= 0.3 is 0 Å². The van der Waals surface area contributed by atoms with Gasteiger partial charge in [0.25, 0.3) is 5.91 Å². The molecule has 2 amide bonds. The quantitative estimate of drug-likeness (QED) is 0.669. The molecule has 0 aromatic carbocycles. The molecule has 0 spiro atoms. The topological polar surface area (TPSA) is 90.0 Å². The first-order valence-corrected chi connectivity index (χ1v) is 13.4. The van der Waals surface area contributed by atoms with Crippen LogP contribution in [0.4, 0.5) is 0 Å². The Bertz CT molecular complexity index is 854. The van der Waals surface area contributed by atoms with Crippen molar-refractivity contribution in [1.29, 1.82) is 0 Å². The average Bonchev–Trinajstić information content (AvgIpc) is 3.39. The van der Waals surface area contributed by atoms with Crippen LogP contribution in [0.15, 0.2) is 16.3 Å². The second-order valence-corrected chi connectivity index (χ2v) is 11.6. The normalized spacial score (nSPS) is 21.9. The Kier molecular flexibility index (Phi) is 6.50. The van der Waals surface area contributed by atoms with E-state index >= 15 is 0 Å². The summed E-state index contributed by atoms with van der Waals surface area (Å²) < 4.78 is 27.5. The molecule has 0 atom stereocenters. The van der Waals surface area contributed by atoms with Crippen molar-refractivity contribution < 1.29 is 18.0 Å². The molecule has 3 heterocycles. The summed E-state index contributed by atoms with van der Waals surface area (Å²) in [4.78, 5) is 29.2. The molecular formula is C18H26N4O4S3. The van der Waals surface area contributed by atoms with Crippen molar-refractivity contribution in [2.75, 3.05) is 57.3 Å². The summed E-state index contributed by atoms with van der Waals surface area (Å²) in [6, 6.07) is 1.90. The second-order valence-electron chi connectivity index (χ2n) is 7.54. The van der Waals surface area contributed by atoms with Gasteiger partial charge in [-0.3, -0.25) is 14.5 Å². The lowest BCUT2D eigenvalue weighted by Crippen LogP contribution is -2.51. The third-order valence-electron chi connectivity index (χ3n) is 5.38. The molecule has 2 aliphatic heterocycles. The van der Waals surface area contributed by atoms with Gasteiger partial charge in [-0.1, -0.05) is 0 Å². The van der Waals surface area contributed by atoms with E-state index in [-0.39, 0.29) is 16.7 Å². The largest absolute Gasteiger partial charge is 0.352 e. The van der Waals surface area contributed by atoms with E-state index in [9.17, 15) is 18.0 Å². The molecule has 1 aromatic rings. The molecule has 0 unspecified atom stereocenters. The Hall–Kier alpha value is -1.14. The summed E-state index contributed by atoms with van der Waals surface area (Å²) >= 11 is 2.93. The van der Waals surface area contributed by atoms with Gasteiger partial charge in [0.05, 0.1) is 6.54 Å². The molecule has 1 N–H and O–H groups in total. The van der Waals surface area contributed by atoms with Crippen LogP contribution in [0.25, 0.3) is 0 Å². The lowest BCUT2D eigenvalue weighted by atomic mass is 10.3. The van der Waals surface area contributed by atoms with Gasteiger partial charge < -0.3 is 10.2 Å². The number of carbonyl (C=O) groups is 2. The maximum absolute atomic E-state index is 13.0. The average molecular weight is 459 g/mol. The van der Waals surface area contributed by atoms with Crippen LogP contribution in [0.5, 0.6) is 0 Å². The third-order valence-corrected chi connectivity index (χ3v) is 9.30. The van der Waals surface area contributed by atoms with Gasteiger partial charge in [0.1, 0.15) is 9.77 Å². The molecule has 2 saturated heterocycles. The minimum atomic E-state index is -3.65. The number of nitrogens with one attached hydrogen (secondary N) is 1. The van der Waals surface area contributed by atoms with E-state index in [0.717, 1.165) is 24.3 Å². The van der Waals surface area contributed by atoms with Crippen LogP contribution in [-0.4, -0.2) is 97.7 Å². The van der Waals surface area contributed by atoms with E-state index in [4.69, 9.17) is 0 Å². The highest BCUT2D eigenvalue weighted by atomic mass is 32.2. The first-order valence-electron chi connectivity index (χ1n) is 9.91. The monoisotopic (exact) mass is 458 g/mol. The summed E-state index contributed by atoms with van der Waals surface area (Å²) in [6.45, 7) is 3.53. The van der Waals surface area contributed by atoms with Crippen molar-refractivity contribution in [2.45, 2.75) is 23.8 Å². The fraction of sp³-hybridized carbons (Fsp3) is 0.667. The number of amides is 2. The number of hydrogen-bond donors (Lipinski definition) is 1. The second kappa shape index (κ2) is 8.93. The molecule has 11 heteroatoms. The molecule has 29 heavy (non-hydrogen) atoms. The molecule has 1 saturated carbocycles. The van der Waals surface area contributed by atoms with Gasteiger partial charge in [-0.2, -0.15) is 16.1 Å². The van der Waals surface area contributed by atoms with E-state index in [1.165, 1.54) is 15.6 Å². The van der Waals surface area contributed by atoms with Crippen molar-refractivity contribution in [3.8, 4) is 0 Å². The number of nitrogens with zero attached hydrogens (tertiary/aromatic N) is 3. The molecule has 1 aliphatic carbocycles. The number of hydrogen-bond acceptors (Lipinski definition) is 7. The SMILES string of the molecule is O=C(CN1CCN(C(=O)c2sccc2S(=O)(=O)N2CCSCC2)CC1)NC1CC1. The predicted molar refractivity (Wildman–Crippen MR) is 114 cm³/mol. The first-order chi connectivity index (χ1) is 13.9. The Balaban J connectivity index is 1.37. The number of thiophene rings is 1. The predicted octanol–water partition coefficient (Wildman–Crippen LogP) is 0.522. The van der Waals surface area contributed by atoms with Gasteiger partial charge in [-0.25, -0.2) is 8.42 Å². The van der Waals surface area contributed by atoms with Crippen molar-refractivity contribution in [1.82, 2.24) is 19.4 Å². The lowest BCUT2D eigenvalue weighted by molar-refractivity contribution is -0.122. The van der Waals surface area contributed by atoms with E-state index in [0.29, 0.717) is 56.7 Å². The zero-order chi connectivity index (χ0) is 20.4. The van der Waals surface area contributed by atoms with Crippen molar-refractivity contribution in [3.05, 3.63) is 16.3 Å². The summed E-state index contributed by atoms with van der Waals surface area (Å²) in [5.74, 6) is 1.37. The van der Waals surface area contributed by atoms with E-state index in [2.05, 4.69) is 5.32 Å². The molecule has 3 aliphatic rings. The van der Waals surface area contributed by atoms with Crippen LogP contribution < -0.4 is 5.32 Å². The zero-order valence-electron chi connectivity index (χ0n) is 16.2. The molecular weight excluding hydrogens is 432 g/mol. The minimum absolute atomic E-state index is 0.0404. The number of piperazine rings is 1. The Labute approximate surface area is 179 Å². The third kappa shape index (κ3) is 4.96. The molecule has 1 aromatic heterocycles. The highest BCUT2D eigenvalue weighted by Crippen LogP contribution is 2.28.